The van der Waals surface area contributed by atoms with Gasteiger partial charge < -0.3 is 9.67 Å². The van der Waals surface area contributed by atoms with Crippen LogP contribution in [0.25, 0.3) is 5.69 Å². The number of aromatic nitrogens is 1. The first-order chi connectivity index (χ1) is 8.13. The SMILES string of the molecule is Cc1ccc(-n2ccc(C#N)c2C(=O)O)cc1. The van der Waals surface area contributed by atoms with E-state index in [1.165, 1.54) is 10.6 Å². The molecule has 2 aromatic rings. The van der Waals surface area contributed by atoms with Gasteiger partial charge in [-0.2, -0.15) is 5.26 Å². The molecular formula is C13H10N2O2. The molecule has 0 saturated heterocycles. The normalized spacial score (nSPS) is 9.88. The second-order valence-corrected chi connectivity index (χ2v) is 3.70. The summed E-state index contributed by atoms with van der Waals surface area (Å²) in [7, 11) is 0. The average molecular weight is 226 g/mol. The van der Waals surface area contributed by atoms with Crippen LogP contribution in [0.2, 0.25) is 0 Å². The molecule has 4 heteroatoms. The predicted molar refractivity (Wildman–Crippen MR) is 62.2 cm³/mol. The summed E-state index contributed by atoms with van der Waals surface area (Å²) in [6, 6.07) is 10.8. The Morgan fingerprint density at radius 2 is 1.94 bits per heavy atom. The molecule has 84 valence electrons. The van der Waals surface area contributed by atoms with E-state index in [0.717, 1.165) is 11.3 Å². The molecule has 1 N–H and O–H groups in total. The van der Waals surface area contributed by atoms with Crippen LogP contribution in [0.1, 0.15) is 21.6 Å². The van der Waals surface area contributed by atoms with Crippen LogP contribution in [-0.2, 0) is 0 Å². The third kappa shape index (κ3) is 1.91. The number of aryl methyl sites for hydroxylation is 1. The molecule has 0 aliphatic rings. The molecule has 1 aromatic heterocycles. The molecule has 0 spiro atoms. The highest BCUT2D eigenvalue weighted by Crippen LogP contribution is 2.17. The van der Waals surface area contributed by atoms with Crippen molar-refractivity contribution in [3.05, 3.63) is 53.3 Å². The summed E-state index contributed by atoms with van der Waals surface area (Å²) in [5.41, 5.74) is 1.99. The van der Waals surface area contributed by atoms with E-state index in [9.17, 15) is 4.79 Å². The number of aromatic carboxylic acids is 1. The molecule has 0 radical (unpaired) electrons. The van der Waals surface area contributed by atoms with Crippen LogP contribution in [0.4, 0.5) is 0 Å². The Labute approximate surface area is 98.4 Å². The molecule has 0 unspecified atom stereocenters. The lowest BCUT2D eigenvalue weighted by atomic mass is 10.2. The van der Waals surface area contributed by atoms with Gasteiger partial charge in [0.25, 0.3) is 0 Å². The van der Waals surface area contributed by atoms with Gasteiger partial charge in [0, 0.05) is 11.9 Å². The minimum absolute atomic E-state index is 0.00338. The van der Waals surface area contributed by atoms with Crippen molar-refractivity contribution >= 4 is 5.97 Å². The lowest BCUT2D eigenvalue weighted by Gasteiger charge is -2.06. The number of carboxylic acid groups (broad SMARTS) is 1. The van der Waals surface area contributed by atoms with Gasteiger partial charge in [-0.1, -0.05) is 17.7 Å². The first-order valence-electron chi connectivity index (χ1n) is 5.05. The summed E-state index contributed by atoms with van der Waals surface area (Å²) in [4.78, 5) is 11.1. The van der Waals surface area contributed by atoms with Gasteiger partial charge in [0.2, 0.25) is 0 Å². The summed E-state index contributed by atoms with van der Waals surface area (Å²) in [5, 5.41) is 18.0. The highest BCUT2D eigenvalue weighted by atomic mass is 16.4. The van der Waals surface area contributed by atoms with Crippen LogP contribution in [0.15, 0.2) is 36.5 Å². The highest BCUT2D eigenvalue weighted by Gasteiger charge is 2.16. The van der Waals surface area contributed by atoms with Gasteiger partial charge >= 0.3 is 5.97 Å². The van der Waals surface area contributed by atoms with E-state index >= 15 is 0 Å². The van der Waals surface area contributed by atoms with Crippen molar-refractivity contribution < 1.29 is 9.90 Å². The minimum atomic E-state index is -1.10. The average Bonchev–Trinajstić information content (AvgIpc) is 2.73. The molecule has 4 nitrogen and oxygen atoms in total. The Morgan fingerprint density at radius 3 is 2.47 bits per heavy atom. The number of carboxylic acids is 1. The number of hydrogen-bond acceptors (Lipinski definition) is 2. The minimum Gasteiger partial charge on any atom is -0.477 e. The van der Waals surface area contributed by atoms with E-state index in [-0.39, 0.29) is 11.3 Å². The number of rotatable bonds is 2. The maximum atomic E-state index is 11.1. The smallest absolute Gasteiger partial charge is 0.354 e. The molecule has 1 heterocycles. The number of carbonyl (C=O) groups is 1. The third-order valence-electron chi connectivity index (χ3n) is 2.52. The van der Waals surface area contributed by atoms with E-state index in [4.69, 9.17) is 10.4 Å². The van der Waals surface area contributed by atoms with Crippen LogP contribution in [0, 0.1) is 18.3 Å². The molecule has 0 aliphatic carbocycles. The van der Waals surface area contributed by atoms with E-state index in [2.05, 4.69) is 0 Å². The fourth-order valence-corrected chi connectivity index (χ4v) is 1.66. The second-order valence-electron chi connectivity index (χ2n) is 3.70. The van der Waals surface area contributed by atoms with Gasteiger partial charge in [0.05, 0.1) is 5.56 Å². The van der Waals surface area contributed by atoms with Crippen LogP contribution in [0.5, 0.6) is 0 Å². The van der Waals surface area contributed by atoms with Gasteiger partial charge in [-0.3, -0.25) is 0 Å². The van der Waals surface area contributed by atoms with Crippen molar-refractivity contribution in [1.29, 1.82) is 5.26 Å². The van der Waals surface area contributed by atoms with Crippen molar-refractivity contribution in [1.82, 2.24) is 4.57 Å². The third-order valence-corrected chi connectivity index (χ3v) is 2.52. The highest BCUT2D eigenvalue weighted by molar-refractivity contribution is 5.89. The van der Waals surface area contributed by atoms with Crippen molar-refractivity contribution in [2.24, 2.45) is 0 Å². The van der Waals surface area contributed by atoms with Crippen LogP contribution in [-0.4, -0.2) is 15.6 Å². The molecule has 17 heavy (non-hydrogen) atoms. The summed E-state index contributed by atoms with van der Waals surface area (Å²) < 4.78 is 1.50. The number of hydrogen-bond donors (Lipinski definition) is 1. The maximum Gasteiger partial charge on any atom is 0.354 e. The summed E-state index contributed by atoms with van der Waals surface area (Å²) in [5.74, 6) is -1.10. The lowest BCUT2D eigenvalue weighted by molar-refractivity contribution is 0.0688. The van der Waals surface area contributed by atoms with Gasteiger partial charge in [0.1, 0.15) is 11.8 Å². The second kappa shape index (κ2) is 4.14. The van der Waals surface area contributed by atoms with E-state index in [1.807, 2.05) is 37.3 Å². The van der Waals surface area contributed by atoms with Crippen molar-refractivity contribution in [2.75, 3.05) is 0 Å². The van der Waals surface area contributed by atoms with E-state index < -0.39 is 5.97 Å². The zero-order valence-corrected chi connectivity index (χ0v) is 9.21. The van der Waals surface area contributed by atoms with E-state index in [0.29, 0.717) is 0 Å². The molecule has 1 aromatic carbocycles. The summed E-state index contributed by atoms with van der Waals surface area (Å²) in [6.45, 7) is 1.96. The van der Waals surface area contributed by atoms with E-state index in [1.54, 1.807) is 6.20 Å². The monoisotopic (exact) mass is 226 g/mol. The number of nitrogens with zero attached hydrogens (tertiary/aromatic N) is 2. The Balaban J connectivity index is 2.60. The number of benzene rings is 1. The topological polar surface area (TPSA) is 66.0 Å². The molecule has 2 rings (SSSR count). The first-order valence-corrected chi connectivity index (χ1v) is 5.05. The van der Waals surface area contributed by atoms with Gasteiger partial charge in [-0.15, -0.1) is 0 Å². The van der Waals surface area contributed by atoms with Crippen LogP contribution >= 0.6 is 0 Å². The Hall–Kier alpha value is -2.54. The van der Waals surface area contributed by atoms with Gasteiger partial charge in [-0.05, 0) is 25.1 Å². The molecule has 0 saturated carbocycles. The zero-order valence-electron chi connectivity index (χ0n) is 9.21. The number of nitriles is 1. The summed E-state index contributed by atoms with van der Waals surface area (Å²) >= 11 is 0. The first kappa shape index (κ1) is 11.0. The molecule has 0 amide bonds. The standard InChI is InChI=1S/C13H10N2O2/c1-9-2-4-11(5-3-9)15-7-6-10(8-14)12(15)13(16)17/h2-7H,1H3,(H,16,17). The Morgan fingerprint density at radius 1 is 1.29 bits per heavy atom. The van der Waals surface area contributed by atoms with Crippen molar-refractivity contribution in [3.63, 3.8) is 0 Å². The molecule has 0 bridgehead atoms. The van der Waals surface area contributed by atoms with Crippen molar-refractivity contribution in [2.45, 2.75) is 6.92 Å². The predicted octanol–water partition coefficient (Wildman–Crippen LogP) is 2.36. The van der Waals surface area contributed by atoms with Gasteiger partial charge in [0.15, 0.2) is 0 Å². The molecule has 0 fully saturated rings. The van der Waals surface area contributed by atoms with Crippen LogP contribution < -0.4 is 0 Å². The lowest BCUT2D eigenvalue weighted by Crippen LogP contribution is -2.07. The van der Waals surface area contributed by atoms with Gasteiger partial charge in [-0.25, -0.2) is 4.79 Å². The molecular weight excluding hydrogens is 216 g/mol. The Bertz CT molecular complexity index is 603. The fourth-order valence-electron chi connectivity index (χ4n) is 1.66. The Kier molecular flexibility index (Phi) is 2.67. The molecule has 0 atom stereocenters. The van der Waals surface area contributed by atoms with Crippen molar-refractivity contribution in [3.8, 4) is 11.8 Å². The quantitative estimate of drug-likeness (QED) is 0.854. The fraction of sp³-hybridized carbons (Fsp3) is 0.0769. The maximum absolute atomic E-state index is 11.1. The largest absolute Gasteiger partial charge is 0.477 e. The van der Waals surface area contributed by atoms with Crippen LogP contribution in [0.3, 0.4) is 0 Å². The zero-order chi connectivity index (χ0) is 12.4. The molecule has 0 aliphatic heterocycles. The summed E-state index contributed by atoms with van der Waals surface area (Å²) in [6.07, 6.45) is 1.59.